The Morgan fingerprint density at radius 1 is 1.53 bits per heavy atom. The standard InChI is InChI=1S/C12H17NO3S/c1-12(2,3)16-11(15)13(4)10(7-14)9-5-6-17-8-9/h5-8,10H,1-4H3. The quantitative estimate of drug-likeness (QED) is 0.780. The highest BCUT2D eigenvalue weighted by molar-refractivity contribution is 7.08. The number of hydrogen-bond acceptors (Lipinski definition) is 4. The number of thiophene rings is 1. The predicted molar refractivity (Wildman–Crippen MR) is 67.1 cm³/mol. The van der Waals surface area contributed by atoms with Crippen LogP contribution in [-0.2, 0) is 9.53 Å². The number of hydrogen-bond donors (Lipinski definition) is 0. The highest BCUT2D eigenvalue weighted by atomic mass is 32.1. The van der Waals surface area contributed by atoms with Gasteiger partial charge in [-0.1, -0.05) is 0 Å². The van der Waals surface area contributed by atoms with E-state index in [2.05, 4.69) is 0 Å². The molecule has 1 aromatic heterocycles. The number of amides is 1. The maximum Gasteiger partial charge on any atom is 0.410 e. The molecular weight excluding hydrogens is 238 g/mol. The molecule has 1 heterocycles. The van der Waals surface area contributed by atoms with Gasteiger partial charge in [-0.2, -0.15) is 11.3 Å². The van der Waals surface area contributed by atoms with Crippen LogP contribution < -0.4 is 0 Å². The van der Waals surface area contributed by atoms with E-state index in [1.807, 2.05) is 16.8 Å². The fourth-order valence-electron chi connectivity index (χ4n) is 1.28. The summed E-state index contributed by atoms with van der Waals surface area (Å²) in [6.07, 6.45) is 0.243. The number of carbonyl (C=O) groups excluding carboxylic acids is 2. The normalized spacial score (nSPS) is 12.9. The van der Waals surface area contributed by atoms with Gasteiger partial charge >= 0.3 is 6.09 Å². The molecule has 0 saturated heterocycles. The summed E-state index contributed by atoms with van der Waals surface area (Å²) >= 11 is 1.49. The van der Waals surface area contributed by atoms with Crippen molar-refractivity contribution in [3.8, 4) is 0 Å². The molecule has 94 valence electrons. The number of aldehydes is 1. The van der Waals surface area contributed by atoms with Crippen molar-refractivity contribution in [1.82, 2.24) is 4.90 Å². The van der Waals surface area contributed by atoms with Crippen LogP contribution in [0.1, 0.15) is 32.4 Å². The number of carbonyl (C=O) groups is 2. The molecule has 0 N–H and O–H groups in total. The summed E-state index contributed by atoms with van der Waals surface area (Å²) < 4.78 is 5.21. The van der Waals surface area contributed by atoms with E-state index in [0.29, 0.717) is 0 Å². The van der Waals surface area contributed by atoms with Crippen molar-refractivity contribution in [1.29, 1.82) is 0 Å². The second-order valence-corrected chi connectivity index (χ2v) is 5.51. The molecule has 0 saturated carbocycles. The van der Waals surface area contributed by atoms with E-state index in [9.17, 15) is 9.59 Å². The summed E-state index contributed by atoms with van der Waals surface area (Å²) in [7, 11) is 1.56. The van der Waals surface area contributed by atoms with Gasteiger partial charge in [-0.15, -0.1) is 0 Å². The monoisotopic (exact) mass is 255 g/mol. The third-order valence-electron chi connectivity index (χ3n) is 2.11. The number of nitrogens with zero attached hydrogens (tertiary/aromatic N) is 1. The number of rotatable bonds is 3. The average molecular weight is 255 g/mol. The van der Waals surface area contributed by atoms with Crippen LogP contribution in [-0.4, -0.2) is 29.9 Å². The van der Waals surface area contributed by atoms with Crippen molar-refractivity contribution in [3.63, 3.8) is 0 Å². The topological polar surface area (TPSA) is 46.6 Å². The highest BCUT2D eigenvalue weighted by Gasteiger charge is 2.26. The molecule has 0 aliphatic heterocycles. The van der Waals surface area contributed by atoms with E-state index in [4.69, 9.17) is 4.74 Å². The van der Waals surface area contributed by atoms with Gasteiger partial charge in [-0.3, -0.25) is 4.90 Å². The fraction of sp³-hybridized carbons (Fsp3) is 0.500. The van der Waals surface area contributed by atoms with Crippen molar-refractivity contribution in [2.24, 2.45) is 0 Å². The van der Waals surface area contributed by atoms with Gasteiger partial charge in [0.1, 0.15) is 17.9 Å². The van der Waals surface area contributed by atoms with Crippen molar-refractivity contribution in [2.75, 3.05) is 7.05 Å². The fourth-order valence-corrected chi connectivity index (χ4v) is 1.97. The zero-order chi connectivity index (χ0) is 13.1. The molecule has 1 unspecified atom stereocenters. The van der Waals surface area contributed by atoms with Crippen molar-refractivity contribution in [3.05, 3.63) is 22.4 Å². The minimum atomic E-state index is -0.587. The second kappa shape index (κ2) is 5.31. The van der Waals surface area contributed by atoms with Gasteiger partial charge in [0.15, 0.2) is 0 Å². The van der Waals surface area contributed by atoms with Crippen molar-refractivity contribution >= 4 is 23.7 Å². The van der Waals surface area contributed by atoms with E-state index in [-0.39, 0.29) is 0 Å². The summed E-state index contributed by atoms with van der Waals surface area (Å²) in [6, 6.07) is 1.24. The van der Waals surface area contributed by atoms with E-state index >= 15 is 0 Å². The minimum absolute atomic E-state index is 0.499. The molecule has 17 heavy (non-hydrogen) atoms. The molecule has 5 heteroatoms. The Morgan fingerprint density at radius 2 is 2.18 bits per heavy atom. The molecule has 0 radical (unpaired) electrons. The van der Waals surface area contributed by atoms with Gasteiger partial charge in [0.05, 0.1) is 0 Å². The van der Waals surface area contributed by atoms with Crippen LogP contribution in [0, 0.1) is 0 Å². The average Bonchev–Trinajstić information content (AvgIpc) is 2.69. The van der Waals surface area contributed by atoms with Crippen molar-refractivity contribution < 1.29 is 14.3 Å². The molecule has 1 rings (SSSR count). The molecule has 0 aliphatic rings. The first-order valence-corrected chi connectivity index (χ1v) is 6.22. The number of ether oxygens (including phenoxy) is 1. The lowest BCUT2D eigenvalue weighted by molar-refractivity contribution is -0.112. The van der Waals surface area contributed by atoms with Gasteiger partial charge in [0, 0.05) is 7.05 Å². The summed E-state index contributed by atoms with van der Waals surface area (Å²) in [5.41, 5.74) is 0.242. The summed E-state index contributed by atoms with van der Waals surface area (Å²) in [6.45, 7) is 5.37. The van der Waals surface area contributed by atoms with Crippen LogP contribution in [0.4, 0.5) is 4.79 Å². The van der Waals surface area contributed by atoms with E-state index in [0.717, 1.165) is 11.8 Å². The van der Waals surface area contributed by atoms with Gasteiger partial charge in [0.2, 0.25) is 0 Å². The van der Waals surface area contributed by atoms with E-state index in [1.54, 1.807) is 27.8 Å². The molecular formula is C12H17NO3S. The van der Waals surface area contributed by atoms with Gasteiger partial charge in [0.25, 0.3) is 0 Å². The van der Waals surface area contributed by atoms with Crippen LogP contribution in [0.15, 0.2) is 16.8 Å². The number of likely N-dealkylation sites (N-methyl/N-ethyl adjacent to an activating group) is 1. The summed E-state index contributed by atoms with van der Waals surface area (Å²) in [5.74, 6) is 0. The van der Waals surface area contributed by atoms with E-state index < -0.39 is 17.7 Å². The van der Waals surface area contributed by atoms with Crippen molar-refractivity contribution in [2.45, 2.75) is 32.4 Å². The lowest BCUT2D eigenvalue weighted by Crippen LogP contribution is -2.37. The predicted octanol–water partition coefficient (Wildman–Crippen LogP) is 2.86. The van der Waals surface area contributed by atoms with Crippen LogP contribution in [0.25, 0.3) is 0 Å². The largest absolute Gasteiger partial charge is 0.444 e. The first-order valence-electron chi connectivity index (χ1n) is 5.28. The molecule has 0 aliphatic carbocycles. The van der Waals surface area contributed by atoms with Gasteiger partial charge in [-0.05, 0) is 43.2 Å². The Kier molecular flexibility index (Phi) is 4.28. The molecule has 0 spiro atoms. The van der Waals surface area contributed by atoms with Crippen LogP contribution >= 0.6 is 11.3 Å². The third-order valence-corrected chi connectivity index (χ3v) is 2.81. The van der Waals surface area contributed by atoms with Crippen LogP contribution in [0.5, 0.6) is 0 Å². The third kappa shape index (κ3) is 3.85. The maximum absolute atomic E-state index is 11.8. The molecule has 0 fully saturated rings. The first kappa shape index (κ1) is 13.7. The smallest absolute Gasteiger partial charge is 0.410 e. The van der Waals surface area contributed by atoms with Crippen LogP contribution in [0.2, 0.25) is 0 Å². The Labute approximate surface area is 105 Å². The Bertz CT molecular complexity index is 381. The first-order chi connectivity index (χ1) is 7.85. The Morgan fingerprint density at radius 3 is 2.59 bits per heavy atom. The van der Waals surface area contributed by atoms with E-state index in [1.165, 1.54) is 16.2 Å². The van der Waals surface area contributed by atoms with Gasteiger partial charge < -0.3 is 9.53 Å². The molecule has 1 aromatic rings. The Balaban J connectivity index is 2.77. The molecule has 0 bridgehead atoms. The zero-order valence-corrected chi connectivity index (χ0v) is 11.3. The summed E-state index contributed by atoms with van der Waals surface area (Å²) in [4.78, 5) is 24.2. The lowest BCUT2D eigenvalue weighted by atomic mass is 10.1. The lowest BCUT2D eigenvalue weighted by Gasteiger charge is -2.27. The SMILES string of the molecule is CN(C(=O)OC(C)(C)C)C(C=O)c1ccsc1. The maximum atomic E-state index is 11.8. The molecule has 1 amide bonds. The zero-order valence-electron chi connectivity index (χ0n) is 10.5. The molecule has 4 nitrogen and oxygen atoms in total. The Hall–Kier alpha value is -1.36. The molecule has 1 atom stereocenters. The van der Waals surface area contributed by atoms with Crippen LogP contribution in [0.3, 0.4) is 0 Å². The minimum Gasteiger partial charge on any atom is -0.444 e. The molecule has 0 aromatic carbocycles. The summed E-state index contributed by atoms with van der Waals surface area (Å²) in [5, 5.41) is 3.72. The van der Waals surface area contributed by atoms with Gasteiger partial charge in [-0.25, -0.2) is 4.79 Å². The second-order valence-electron chi connectivity index (χ2n) is 4.73. The highest BCUT2D eigenvalue weighted by Crippen LogP contribution is 2.21.